The van der Waals surface area contributed by atoms with E-state index >= 15 is 0 Å². The van der Waals surface area contributed by atoms with Crippen molar-refractivity contribution in [3.05, 3.63) is 57.6 Å². The van der Waals surface area contributed by atoms with Gasteiger partial charge < -0.3 is 9.32 Å². The SMILES string of the molecule is O=C(c1cccs1)N1CCN(Cc2nnc(-c3ccccc3Cl)o2)CC1. The number of piperazine rings is 1. The van der Waals surface area contributed by atoms with E-state index in [0.717, 1.165) is 23.5 Å². The molecule has 0 saturated carbocycles. The Morgan fingerprint density at radius 2 is 1.92 bits per heavy atom. The van der Waals surface area contributed by atoms with E-state index in [1.807, 2.05) is 40.6 Å². The second-order valence-corrected chi connectivity index (χ2v) is 7.38. The van der Waals surface area contributed by atoms with Crippen molar-refractivity contribution in [2.24, 2.45) is 0 Å². The van der Waals surface area contributed by atoms with Gasteiger partial charge in [-0.05, 0) is 23.6 Å². The standard InChI is InChI=1S/C18H17ClN4O2S/c19-14-5-2-1-4-13(14)17-21-20-16(25-17)12-22-7-9-23(10-8-22)18(24)15-6-3-11-26-15/h1-6,11H,7-10,12H2. The molecule has 0 aliphatic carbocycles. The maximum Gasteiger partial charge on any atom is 0.264 e. The quantitative estimate of drug-likeness (QED) is 0.685. The van der Waals surface area contributed by atoms with Crippen LogP contribution in [-0.4, -0.2) is 52.1 Å². The lowest BCUT2D eigenvalue weighted by molar-refractivity contribution is 0.0623. The largest absolute Gasteiger partial charge is 0.419 e. The third-order valence-electron chi connectivity index (χ3n) is 4.32. The number of benzene rings is 1. The number of aromatic nitrogens is 2. The molecule has 0 spiro atoms. The molecule has 3 heterocycles. The highest BCUT2D eigenvalue weighted by atomic mass is 35.5. The van der Waals surface area contributed by atoms with E-state index in [-0.39, 0.29) is 5.91 Å². The first-order valence-electron chi connectivity index (χ1n) is 8.33. The number of amides is 1. The molecule has 6 nitrogen and oxygen atoms in total. The number of carbonyl (C=O) groups excluding carboxylic acids is 1. The first kappa shape index (κ1) is 17.2. The van der Waals surface area contributed by atoms with Crippen molar-refractivity contribution < 1.29 is 9.21 Å². The molecular formula is C18H17ClN4O2S. The first-order valence-corrected chi connectivity index (χ1v) is 9.59. The Hall–Kier alpha value is -2.22. The summed E-state index contributed by atoms with van der Waals surface area (Å²) in [6.45, 7) is 3.52. The first-order chi connectivity index (χ1) is 12.7. The van der Waals surface area contributed by atoms with Gasteiger partial charge in [-0.3, -0.25) is 9.69 Å². The fourth-order valence-corrected chi connectivity index (χ4v) is 3.82. The second-order valence-electron chi connectivity index (χ2n) is 6.03. The van der Waals surface area contributed by atoms with Gasteiger partial charge in [-0.2, -0.15) is 0 Å². The smallest absolute Gasteiger partial charge is 0.264 e. The highest BCUT2D eigenvalue weighted by molar-refractivity contribution is 7.12. The molecular weight excluding hydrogens is 372 g/mol. The molecule has 0 unspecified atom stereocenters. The van der Waals surface area contributed by atoms with Gasteiger partial charge in [0.1, 0.15) is 0 Å². The minimum atomic E-state index is 0.110. The summed E-state index contributed by atoms with van der Waals surface area (Å²) in [7, 11) is 0. The molecule has 2 aromatic heterocycles. The monoisotopic (exact) mass is 388 g/mol. The van der Waals surface area contributed by atoms with Crippen molar-refractivity contribution in [2.75, 3.05) is 26.2 Å². The van der Waals surface area contributed by atoms with Crippen LogP contribution in [0.3, 0.4) is 0 Å². The van der Waals surface area contributed by atoms with E-state index in [0.29, 0.717) is 36.4 Å². The van der Waals surface area contributed by atoms with Crippen molar-refractivity contribution in [3.63, 3.8) is 0 Å². The van der Waals surface area contributed by atoms with E-state index in [4.69, 9.17) is 16.0 Å². The van der Waals surface area contributed by atoms with Crippen LogP contribution in [0.4, 0.5) is 0 Å². The zero-order valence-electron chi connectivity index (χ0n) is 14.0. The zero-order chi connectivity index (χ0) is 17.9. The van der Waals surface area contributed by atoms with Crippen molar-refractivity contribution in [2.45, 2.75) is 6.54 Å². The summed E-state index contributed by atoms with van der Waals surface area (Å²) in [5.74, 6) is 1.09. The van der Waals surface area contributed by atoms with E-state index < -0.39 is 0 Å². The Morgan fingerprint density at radius 3 is 2.65 bits per heavy atom. The Balaban J connectivity index is 1.35. The Labute approximate surface area is 160 Å². The van der Waals surface area contributed by atoms with Gasteiger partial charge in [-0.1, -0.05) is 29.8 Å². The molecule has 1 aromatic carbocycles. The predicted molar refractivity (Wildman–Crippen MR) is 100 cm³/mol. The third kappa shape index (κ3) is 3.65. The summed E-state index contributed by atoms with van der Waals surface area (Å²) in [5, 5.41) is 10.7. The minimum Gasteiger partial charge on any atom is -0.419 e. The van der Waals surface area contributed by atoms with Gasteiger partial charge in [0.25, 0.3) is 5.91 Å². The summed E-state index contributed by atoms with van der Waals surface area (Å²) < 4.78 is 5.76. The maximum atomic E-state index is 12.4. The fraction of sp³-hybridized carbons (Fsp3) is 0.278. The highest BCUT2D eigenvalue weighted by Gasteiger charge is 2.24. The van der Waals surface area contributed by atoms with Crippen LogP contribution < -0.4 is 0 Å². The fourth-order valence-electron chi connectivity index (χ4n) is 2.92. The predicted octanol–water partition coefficient (Wildman–Crippen LogP) is 3.41. The van der Waals surface area contributed by atoms with E-state index in [2.05, 4.69) is 15.1 Å². The summed E-state index contributed by atoms with van der Waals surface area (Å²) in [4.78, 5) is 17.3. The highest BCUT2D eigenvalue weighted by Crippen LogP contribution is 2.26. The average Bonchev–Trinajstić information content (AvgIpc) is 3.34. The molecule has 1 aliphatic rings. The van der Waals surface area contributed by atoms with E-state index in [9.17, 15) is 4.79 Å². The molecule has 0 N–H and O–H groups in total. The number of hydrogen-bond acceptors (Lipinski definition) is 6. The molecule has 0 atom stereocenters. The lowest BCUT2D eigenvalue weighted by Gasteiger charge is -2.33. The molecule has 0 bridgehead atoms. The van der Waals surface area contributed by atoms with Crippen molar-refractivity contribution in [3.8, 4) is 11.5 Å². The lowest BCUT2D eigenvalue weighted by atomic mass is 10.2. The van der Waals surface area contributed by atoms with Gasteiger partial charge in [0.15, 0.2) is 0 Å². The Morgan fingerprint density at radius 1 is 1.12 bits per heavy atom. The molecule has 4 rings (SSSR count). The zero-order valence-corrected chi connectivity index (χ0v) is 15.5. The van der Waals surface area contributed by atoms with Gasteiger partial charge in [0.2, 0.25) is 11.8 Å². The van der Waals surface area contributed by atoms with Gasteiger partial charge in [0, 0.05) is 26.2 Å². The van der Waals surface area contributed by atoms with Crippen LogP contribution in [0.1, 0.15) is 15.6 Å². The minimum absolute atomic E-state index is 0.110. The van der Waals surface area contributed by atoms with Crippen LogP contribution in [0.2, 0.25) is 5.02 Å². The van der Waals surface area contributed by atoms with Crippen LogP contribution in [0.25, 0.3) is 11.5 Å². The van der Waals surface area contributed by atoms with Gasteiger partial charge >= 0.3 is 0 Å². The molecule has 1 aliphatic heterocycles. The summed E-state index contributed by atoms with van der Waals surface area (Å²) in [6, 6.07) is 11.2. The van der Waals surface area contributed by atoms with Crippen molar-refractivity contribution in [1.29, 1.82) is 0 Å². The van der Waals surface area contributed by atoms with Gasteiger partial charge in [0.05, 0.1) is 22.0 Å². The molecule has 1 fully saturated rings. The molecule has 0 radical (unpaired) electrons. The topological polar surface area (TPSA) is 62.5 Å². The molecule has 1 amide bonds. The maximum absolute atomic E-state index is 12.4. The number of carbonyl (C=O) groups is 1. The number of nitrogens with zero attached hydrogens (tertiary/aromatic N) is 4. The Kier molecular flexibility index (Phi) is 5.01. The third-order valence-corrected chi connectivity index (χ3v) is 5.51. The van der Waals surface area contributed by atoms with Crippen LogP contribution in [-0.2, 0) is 6.54 Å². The van der Waals surface area contributed by atoms with Crippen LogP contribution >= 0.6 is 22.9 Å². The lowest BCUT2D eigenvalue weighted by Crippen LogP contribution is -2.48. The number of hydrogen-bond donors (Lipinski definition) is 0. The van der Waals surface area contributed by atoms with Crippen LogP contribution in [0.5, 0.6) is 0 Å². The molecule has 134 valence electrons. The number of rotatable bonds is 4. The molecule has 1 saturated heterocycles. The summed E-state index contributed by atoms with van der Waals surface area (Å²) in [6.07, 6.45) is 0. The second kappa shape index (κ2) is 7.57. The van der Waals surface area contributed by atoms with E-state index in [1.165, 1.54) is 11.3 Å². The summed E-state index contributed by atoms with van der Waals surface area (Å²) in [5.41, 5.74) is 0.735. The number of thiophene rings is 1. The normalized spacial score (nSPS) is 15.3. The van der Waals surface area contributed by atoms with Gasteiger partial charge in [-0.15, -0.1) is 21.5 Å². The van der Waals surface area contributed by atoms with Crippen LogP contribution in [0, 0.1) is 0 Å². The summed E-state index contributed by atoms with van der Waals surface area (Å²) >= 11 is 7.65. The van der Waals surface area contributed by atoms with Crippen molar-refractivity contribution >= 4 is 28.8 Å². The number of halogens is 1. The van der Waals surface area contributed by atoms with Gasteiger partial charge in [-0.25, -0.2) is 0 Å². The molecule has 3 aromatic rings. The molecule has 8 heteroatoms. The average molecular weight is 389 g/mol. The Bertz CT molecular complexity index is 888. The molecule has 26 heavy (non-hydrogen) atoms. The van der Waals surface area contributed by atoms with Crippen molar-refractivity contribution in [1.82, 2.24) is 20.0 Å². The van der Waals surface area contributed by atoms with Crippen LogP contribution in [0.15, 0.2) is 46.2 Å². The van der Waals surface area contributed by atoms with E-state index in [1.54, 1.807) is 6.07 Å².